The minimum Gasteiger partial charge on any atom is -0.423 e. The molecule has 0 unspecified atom stereocenters. The lowest BCUT2D eigenvalue weighted by Gasteiger charge is -2.26. The van der Waals surface area contributed by atoms with Gasteiger partial charge in [0.25, 0.3) is 0 Å². The number of benzene rings is 2. The molecule has 0 saturated heterocycles. The van der Waals surface area contributed by atoms with Gasteiger partial charge >= 0.3 is 7.12 Å². The summed E-state index contributed by atoms with van der Waals surface area (Å²) in [5.74, 6) is 0. The van der Waals surface area contributed by atoms with Gasteiger partial charge in [-0.3, -0.25) is 0 Å². The second kappa shape index (κ2) is 4.88. The van der Waals surface area contributed by atoms with Crippen LogP contribution in [0.1, 0.15) is 13.8 Å². The predicted octanol–water partition coefficient (Wildman–Crippen LogP) is 0.950. The van der Waals surface area contributed by atoms with Crippen molar-refractivity contribution in [3.63, 3.8) is 0 Å². The van der Waals surface area contributed by atoms with Crippen LogP contribution in [-0.4, -0.2) is 25.2 Å². The summed E-state index contributed by atoms with van der Waals surface area (Å²) >= 11 is 0. The minimum atomic E-state index is -1.64. The summed E-state index contributed by atoms with van der Waals surface area (Å²) in [6, 6.07) is 17.0. The molecule has 20 heavy (non-hydrogen) atoms. The van der Waals surface area contributed by atoms with Crippen molar-refractivity contribution < 1.29 is 10.0 Å². The molecule has 0 bridgehead atoms. The van der Waals surface area contributed by atoms with Crippen LogP contribution in [0.4, 0.5) is 0 Å². The lowest BCUT2D eigenvalue weighted by Crippen LogP contribution is -2.54. The van der Waals surface area contributed by atoms with Gasteiger partial charge in [-0.2, -0.15) is 0 Å². The Kier molecular flexibility index (Phi) is 3.32. The second-order valence-electron chi connectivity index (χ2n) is 5.51. The zero-order valence-corrected chi connectivity index (χ0v) is 12.9. The molecule has 0 fully saturated rings. The van der Waals surface area contributed by atoms with Gasteiger partial charge in [0.2, 0.25) is 0 Å². The lowest BCUT2D eigenvalue weighted by atomic mass is 9.79. The Morgan fingerprint density at radius 2 is 1.55 bits per heavy atom. The summed E-state index contributed by atoms with van der Waals surface area (Å²) < 4.78 is 0. The van der Waals surface area contributed by atoms with Crippen LogP contribution in [0.5, 0.6) is 0 Å². The van der Waals surface area contributed by atoms with Gasteiger partial charge in [-0.05, 0) is 27.0 Å². The van der Waals surface area contributed by atoms with Crippen molar-refractivity contribution in [2.75, 3.05) is 0 Å². The minimum absolute atomic E-state index is 0.579. The molecule has 1 aliphatic heterocycles. The molecule has 1 aliphatic rings. The number of hydrogen-bond acceptors (Lipinski definition) is 2. The fraction of sp³-hybridized carbons (Fsp3) is 0.250. The smallest absolute Gasteiger partial charge is 0.423 e. The first-order chi connectivity index (χ1) is 9.64. The maximum atomic E-state index is 9.41. The number of rotatable bonds is 3. The van der Waals surface area contributed by atoms with Crippen molar-refractivity contribution in [2.45, 2.75) is 25.9 Å². The van der Waals surface area contributed by atoms with E-state index >= 15 is 0 Å². The molecular formula is C16H19BO2Si. The summed E-state index contributed by atoms with van der Waals surface area (Å²) in [6.45, 7) is 4.58. The standard InChI is InChI=1S/C16H19BO2Si/c1-3-20(4-2)15-8-6-5-7-13(15)14-11-12(17(18)19)9-10-16(14)20/h5-11,18-19H,3-4H2,1-2H3. The monoisotopic (exact) mass is 282 g/mol. The SMILES string of the molecule is CC[Si]1(CC)c2ccccc2-c2cc(B(O)O)ccc21. The summed E-state index contributed by atoms with van der Waals surface area (Å²) in [7, 11) is -3.04. The molecule has 102 valence electrons. The normalized spacial score (nSPS) is 14.8. The van der Waals surface area contributed by atoms with Gasteiger partial charge in [0, 0.05) is 0 Å². The van der Waals surface area contributed by atoms with Crippen molar-refractivity contribution >= 4 is 31.0 Å². The molecule has 2 aromatic rings. The van der Waals surface area contributed by atoms with E-state index in [2.05, 4.69) is 44.2 Å². The zero-order chi connectivity index (χ0) is 14.3. The highest BCUT2D eigenvalue weighted by Gasteiger charge is 2.42. The second-order valence-corrected chi connectivity index (χ2v) is 10.2. The van der Waals surface area contributed by atoms with E-state index in [1.54, 1.807) is 0 Å². The van der Waals surface area contributed by atoms with Crippen molar-refractivity contribution in [2.24, 2.45) is 0 Å². The Hall–Kier alpha value is -1.36. The molecule has 2 aromatic carbocycles. The molecule has 0 atom stereocenters. The first kappa shape index (κ1) is 13.6. The van der Waals surface area contributed by atoms with Crippen LogP contribution in [0.25, 0.3) is 11.1 Å². The van der Waals surface area contributed by atoms with Gasteiger partial charge in [0.05, 0.1) is 0 Å². The average molecular weight is 282 g/mol. The van der Waals surface area contributed by atoms with E-state index in [0.29, 0.717) is 5.46 Å². The first-order valence-electron chi connectivity index (χ1n) is 7.24. The van der Waals surface area contributed by atoms with Crippen LogP contribution < -0.4 is 15.8 Å². The molecule has 0 aliphatic carbocycles. The molecule has 0 spiro atoms. The van der Waals surface area contributed by atoms with Crippen LogP contribution in [0, 0.1) is 0 Å². The number of fused-ring (bicyclic) bond motifs is 3. The van der Waals surface area contributed by atoms with Gasteiger partial charge in [-0.15, -0.1) is 0 Å². The Balaban J connectivity index is 2.31. The van der Waals surface area contributed by atoms with Gasteiger partial charge in [0.1, 0.15) is 8.07 Å². The first-order valence-corrected chi connectivity index (χ1v) is 9.66. The highest BCUT2D eigenvalue weighted by molar-refractivity contribution is 7.05. The van der Waals surface area contributed by atoms with Crippen molar-refractivity contribution in [1.82, 2.24) is 0 Å². The van der Waals surface area contributed by atoms with Crippen LogP contribution in [0.15, 0.2) is 42.5 Å². The van der Waals surface area contributed by atoms with Gasteiger partial charge in [0.15, 0.2) is 0 Å². The Morgan fingerprint density at radius 1 is 0.900 bits per heavy atom. The molecule has 2 N–H and O–H groups in total. The zero-order valence-electron chi connectivity index (χ0n) is 11.9. The van der Waals surface area contributed by atoms with Crippen molar-refractivity contribution in [3.05, 3.63) is 42.5 Å². The molecule has 3 rings (SSSR count). The number of hydrogen-bond donors (Lipinski definition) is 2. The van der Waals surface area contributed by atoms with E-state index < -0.39 is 15.2 Å². The summed E-state index contributed by atoms with van der Waals surface area (Å²) in [4.78, 5) is 0. The third-order valence-corrected chi connectivity index (χ3v) is 10.1. The molecular weight excluding hydrogens is 263 g/mol. The summed E-state index contributed by atoms with van der Waals surface area (Å²) in [6.07, 6.45) is 0. The predicted molar refractivity (Wildman–Crippen MR) is 87.7 cm³/mol. The maximum absolute atomic E-state index is 9.41. The average Bonchev–Trinajstić information content (AvgIpc) is 2.77. The quantitative estimate of drug-likeness (QED) is 0.823. The van der Waals surface area contributed by atoms with Gasteiger partial charge in [-0.1, -0.05) is 68.4 Å². The maximum Gasteiger partial charge on any atom is 0.488 e. The highest BCUT2D eigenvalue weighted by atomic mass is 28.3. The molecule has 4 heteroatoms. The fourth-order valence-electron chi connectivity index (χ4n) is 3.65. The van der Waals surface area contributed by atoms with E-state index in [9.17, 15) is 10.0 Å². The van der Waals surface area contributed by atoms with Gasteiger partial charge in [-0.25, -0.2) is 0 Å². The van der Waals surface area contributed by atoms with E-state index in [0.717, 1.165) is 0 Å². The molecule has 0 radical (unpaired) electrons. The van der Waals surface area contributed by atoms with E-state index in [1.165, 1.54) is 33.6 Å². The Morgan fingerprint density at radius 3 is 2.20 bits per heavy atom. The molecule has 0 saturated carbocycles. The molecule has 0 aromatic heterocycles. The fourth-order valence-corrected chi connectivity index (χ4v) is 8.24. The van der Waals surface area contributed by atoms with E-state index in [4.69, 9.17) is 0 Å². The third-order valence-electron chi connectivity index (χ3n) is 4.80. The van der Waals surface area contributed by atoms with Crippen LogP contribution in [0.2, 0.25) is 12.1 Å². The van der Waals surface area contributed by atoms with E-state index in [1.807, 2.05) is 12.1 Å². The summed E-state index contributed by atoms with van der Waals surface area (Å²) in [5.41, 5.74) is 3.08. The van der Waals surface area contributed by atoms with Crippen LogP contribution >= 0.6 is 0 Å². The highest BCUT2D eigenvalue weighted by Crippen LogP contribution is 2.31. The lowest BCUT2D eigenvalue weighted by molar-refractivity contribution is 0.426. The Labute approximate surface area is 121 Å². The van der Waals surface area contributed by atoms with E-state index in [-0.39, 0.29) is 0 Å². The topological polar surface area (TPSA) is 40.5 Å². The molecule has 1 heterocycles. The van der Waals surface area contributed by atoms with Crippen molar-refractivity contribution in [3.8, 4) is 11.1 Å². The largest absolute Gasteiger partial charge is 0.488 e. The van der Waals surface area contributed by atoms with Crippen LogP contribution in [0.3, 0.4) is 0 Å². The third kappa shape index (κ3) is 1.72. The van der Waals surface area contributed by atoms with Crippen molar-refractivity contribution in [1.29, 1.82) is 0 Å². The molecule has 0 amide bonds. The molecule has 2 nitrogen and oxygen atoms in total. The Bertz CT molecular complexity index is 651. The van der Waals surface area contributed by atoms with Crippen LogP contribution in [-0.2, 0) is 0 Å². The summed E-state index contributed by atoms with van der Waals surface area (Å²) in [5, 5.41) is 21.8. The van der Waals surface area contributed by atoms with Gasteiger partial charge < -0.3 is 10.0 Å².